The smallest absolute Gasteiger partial charge is 0.229 e. The van der Waals surface area contributed by atoms with Gasteiger partial charge in [0, 0.05) is 22.4 Å². The molecule has 35 heavy (non-hydrogen) atoms. The van der Waals surface area contributed by atoms with Crippen LogP contribution in [-0.2, 0) is 21.1 Å². The minimum atomic E-state index is -3.31. The summed E-state index contributed by atoms with van der Waals surface area (Å²) in [5, 5.41) is 4.20. The number of ketones is 1. The zero-order valence-corrected chi connectivity index (χ0v) is 21.6. The van der Waals surface area contributed by atoms with Crippen molar-refractivity contribution in [3.8, 4) is 11.1 Å². The predicted molar refractivity (Wildman–Crippen MR) is 142 cm³/mol. The largest absolute Gasteiger partial charge is 0.317 e. The molecule has 1 amide bonds. The van der Waals surface area contributed by atoms with Crippen LogP contribution in [-0.4, -0.2) is 26.4 Å². The Hall–Kier alpha value is -2.97. The summed E-state index contributed by atoms with van der Waals surface area (Å²) < 4.78 is 23.3. The number of anilines is 1. The van der Waals surface area contributed by atoms with Gasteiger partial charge in [-0.1, -0.05) is 59.6 Å². The van der Waals surface area contributed by atoms with Gasteiger partial charge in [0.25, 0.3) is 0 Å². The molecule has 0 aliphatic carbocycles. The summed E-state index contributed by atoms with van der Waals surface area (Å²) in [7, 11) is -3.31. The molecule has 178 valence electrons. The first-order valence-electron chi connectivity index (χ1n) is 10.4. The quantitative estimate of drug-likeness (QED) is 0.268. The van der Waals surface area contributed by atoms with E-state index >= 15 is 0 Å². The summed E-state index contributed by atoms with van der Waals surface area (Å²) in [6.07, 6.45) is 1.17. The molecule has 0 aliphatic heterocycles. The topological polar surface area (TPSA) is 80.3 Å². The lowest BCUT2D eigenvalue weighted by Gasteiger charge is -2.05. The molecule has 9 heteroatoms. The maximum atomic E-state index is 13.4. The number of hydrogen-bond donors (Lipinski definition) is 1. The third-order valence-electron chi connectivity index (χ3n) is 5.17. The van der Waals surface area contributed by atoms with Crippen molar-refractivity contribution in [3.05, 3.63) is 105 Å². The number of sulfone groups is 1. The molecule has 0 saturated heterocycles. The number of nitrogens with one attached hydrogen (secondary N) is 1. The lowest BCUT2D eigenvalue weighted by atomic mass is 10.0. The predicted octanol–water partition coefficient (Wildman–Crippen LogP) is 6.54. The number of amides is 1. The summed E-state index contributed by atoms with van der Waals surface area (Å²) >= 11 is 13.6. The van der Waals surface area contributed by atoms with Crippen LogP contribution in [0.15, 0.2) is 83.8 Å². The first kappa shape index (κ1) is 25.1. The molecule has 0 saturated carbocycles. The van der Waals surface area contributed by atoms with E-state index in [-0.39, 0.29) is 23.0 Å². The molecule has 1 aromatic heterocycles. The number of carbonyl (C=O) groups excluding carboxylic acids is 2. The van der Waals surface area contributed by atoms with Crippen molar-refractivity contribution < 1.29 is 18.0 Å². The lowest BCUT2D eigenvalue weighted by Crippen LogP contribution is -2.13. The third kappa shape index (κ3) is 6.00. The molecule has 0 aliphatic rings. The van der Waals surface area contributed by atoms with Crippen LogP contribution < -0.4 is 5.32 Å². The Labute approximate surface area is 217 Å². The van der Waals surface area contributed by atoms with Crippen molar-refractivity contribution in [1.29, 1.82) is 0 Å². The highest BCUT2D eigenvalue weighted by Crippen LogP contribution is 2.38. The number of carbonyl (C=O) groups is 2. The molecule has 1 N–H and O–H groups in total. The number of thiophene rings is 1. The van der Waals surface area contributed by atoms with E-state index in [9.17, 15) is 18.0 Å². The Bertz CT molecular complexity index is 1530. The van der Waals surface area contributed by atoms with Gasteiger partial charge in [0.2, 0.25) is 11.7 Å². The van der Waals surface area contributed by atoms with Gasteiger partial charge in [-0.2, -0.15) is 0 Å². The van der Waals surface area contributed by atoms with E-state index in [0.29, 0.717) is 36.6 Å². The average molecular weight is 544 g/mol. The zero-order valence-electron chi connectivity index (χ0n) is 18.4. The van der Waals surface area contributed by atoms with Gasteiger partial charge in [-0.25, -0.2) is 8.42 Å². The zero-order chi connectivity index (χ0) is 25.2. The summed E-state index contributed by atoms with van der Waals surface area (Å²) in [5.41, 5.74) is 2.40. The standard InChI is InChI=1S/C26H19Cl2NO4S2/c1-35(32,33)19-11-9-16(10-12-19)13-23(30)29-24-15-21(17-5-4-6-18(27)14-17)26(34-24)25(31)20-7-2-3-8-22(20)28/h2-12,14-15H,13H2,1H3,(H,29,30). The molecular weight excluding hydrogens is 525 g/mol. The summed E-state index contributed by atoms with van der Waals surface area (Å²) in [4.78, 5) is 26.7. The Balaban J connectivity index is 1.63. The molecule has 1 heterocycles. The van der Waals surface area contributed by atoms with Crippen LogP contribution in [0, 0.1) is 0 Å². The number of benzene rings is 3. The molecule has 0 radical (unpaired) electrons. The van der Waals surface area contributed by atoms with Crippen LogP contribution >= 0.6 is 34.5 Å². The molecule has 4 aromatic rings. The summed E-state index contributed by atoms with van der Waals surface area (Å²) in [6.45, 7) is 0. The second kappa shape index (κ2) is 10.3. The number of halogens is 2. The van der Waals surface area contributed by atoms with E-state index < -0.39 is 9.84 Å². The minimum Gasteiger partial charge on any atom is -0.317 e. The van der Waals surface area contributed by atoms with E-state index in [0.717, 1.165) is 23.2 Å². The Morgan fingerprint density at radius 3 is 2.29 bits per heavy atom. The first-order chi connectivity index (χ1) is 16.6. The third-order valence-corrected chi connectivity index (χ3v) is 7.91. The highest BCUT2D eigenvalue weighted by molar-refractivity contribution is 7.90. The van der Waals surface area contributed by atoms with Crippen LogP contribution in [0.5, 0.6) is 0 Å². The normalized spacial score (nSPS) is 11.3. The SMILES string of the molecule is CS(=O)(=O)c1ccc(CC(=O)Nc2cc(-c3cccc(Cl)c3)c(C(=O)c3ccccc3Cl)s2)cc1. The molecule has 4 rings (SSSR count). The number of rotatable bonds is 7. The van der Waals surface area contributed by atoms with Crippen LogP contribution in [0.3, 0.4) is 0 Å². The van der Waals surface area contributed by atoms with E-state index in [4.69, 9.17) is 23.2 Å². The molecule has 0 atom stereocenters. The highest BCUT2D eigenvalue weighted by Gasteiger charge is 2.22. The van der Waals surface area contributed by atoms with Crippen molar-refractivity contribution in [2.24, 2.45) is 0 Å². The fourth-order valence-electron chi connectivity index (χ4n) is 3.48. The monoisotopic (exact) mass is 543 g/mol. The van der Waals surface area contributed by atoms with Crippen molar-refractivity contribution in [2.45, 2.75) is 11.3 Å². The Morgan fingerprint density at radius 1 is 0.914 bits per heavy atom. The molecule has 0 spiro atoms. The van der Waals surface area contributed by atoms with Crippen LogP contribution in [0.1, 0.15) is 20.8 Å². The second-order valence-electron chi connectivity index (χ2n) is 7.81. The highest BCUT2D eigenvalue weighted by atomic mass is 35.5. The first-order valence-corrected chi connectivity index (χ1v) is 13.9. The van der Waals surface area contributed by atoms with Gasteiger partial charge in [-0.3, -0.25) is 9.59 Å². The van der Waals surface area contributed by atoms with Crippen molar-refractivity contribution in [2.75, 3.05) is 11.6 Å². The van der Waals surface area contributed by atoms with Crippen molar-refractivity contribution in [3.63, 3.8) is 0 Å². The van der Waals surface area contributed by atoms with E-state index in [2.05, 4.69) is 5.32 Å². The Kier molecular flexibility index (Phi) is 7.42. The van der Waals surface area contributed by atoms with Crippen LogP contribution in [0.25, 0.3) is 11.1 Å². The minimum absolute atomic E-state index is 0.0439. The van der Waals surface area contributed by atoms with Gasteiger partial charge < -0.3 is 5.32 Å². The van der Waals surface area contributed by atoms with Gasteiger partial charge in [0.15, 0.2) is 9.84 Å². The van der Waals surface area contributed by atoms with Crippen LogP contribution in [0.4, 0.5) is 5.00 Å². The van der Waals surface area contributed by atoms with E-state index in [1.807, 2.05) is 6.07 Å². The molecule has 3 aromatic carbocycles. The van der Waals surface area contributed by atoms with Gasteiger partial charge in [0.1, 0.15) is 0 Å². The van der Waals surface area contributed by atoms with Crippen molar-refractivity contribution >= 4 is 61.1 Å². The van der Waals surface area contributed by atoms with Crippen molar-refractivity contribution in [1.82, 2.24) is 0 Å². The molecular formula is C26H19Cl2NO4S2. The summed E-state index contributed by atoms with van der Waals surface area (Å²) in [5.74, 6) is -0.555. The average Bonchev–Trinajstić information content (AvgIpc) is 3.22. The molecule has 0 fully saturated rings. The summed E-state index contributed by atoms with van der Waals surface area (Å²) in [6, 6.07) is 21.8. The molecule has 0 bridgehead atoms. The Morgan fingerprint density at radius 2 is 1.63 bits per heavy atom. The fourth-order valence-corrected chi connectivity index (χ4v) is 5.57. The maximum Gasteiger partial charge on any atom is 0.229 e. The number of hydrogen-bond acceptors (Lipinski definition) is 5. The lowest BCUT2D eigenvalue weighted by molar-refractivity contribution is -0.115. The van der Waals surface area contributed by atoms with E-state index in [1.54, 1.807) is 60.7 Å². The van der Waals surface area contributed by atoms with E-state index in [1.165, 1.54) is 12.1 Å². The maximum absolute atomic E-state index is 13.4. The second-order valence-corrected chi connectivity index (χ2v) is 11.7. The molecule has 5 nitrogen and oxygen atoms in total. The van der Waals surface area contributed by atoms with Gasteiger partial charge in [-0.15, -0.1) is 11.3 Å². The molecule has 0 unspecified atom stereocenters. The van der Waals surface area contributed by atoms with Gasteiger partial charge in [0.05, 0.1) is 26.2 Å². The fraction of sp³-hybridized carbons (Fsp3) is 0.0769. The van der Waals surface area contributed by atoms with Crippen LogP contribution in [0.2, 0.25) is 10.0 Å². The van der Waals surface area contributed by atoms with Gasteiger partial charge in [-0.05, 0) is 53.6 Å². The van der Waals surface area contributed by atoms with Gasteiger partial charge >= 0.3 is 0 Å².